The number of aromatic nitrogens is 1. The number of amides is 2. The van der Waals surface area contributed by atoms with Crippen molar-refractivity contribution in [1.29, 1.82) is 0 Å². The highest BCUT2D eigenvalue weighted by Crippen LogP contribution is 2.30. The predicted octanol–water partition coefficient (Wildman–Crippen LogP) is 2.70. The van der Waals surface area contributed by atoms with Crippen LogP contribution in [0.4, 0.5) is 9.93 Å². The van der Waals surface area contributed by atoms with Crippen molar-refractivity contribution in [2.75, 3.05) is 19.0 Å². The van der Waals surface area contributed by atoms with Gasteiger partial charge in [-0.2, -0.15) is 0 Å². The summed E-state index contributed by atoms with van der Waals surface area (Å²) in [6.45, 7) is 0.449. The molecule has 0 aliphatic heterocycles. The van der Waals surface area contributed by atoms with Crippen LogP contribution >= 0.6 is 11.3 Å². The summed E-state index contributed by atoms with van der Waals surface area (Å²) in [5.74, 6) is 0. The van der Waals surface area contributed by atoms with Crippen LogP contribution in [0.3, 0.4) is 0 Å². The number of urea groups is 1. The number of fused-ring (bicyclic) bond motifs is 1. The number of thiazole rings is 1. The number of hydrogen-bond acceptors (Lipinski definition) is 4. The molecular formula is C16H20N4OS. The molecule has 0 fully saturated rings. The summed E-state index contributed by atoms with van der Waals surface area (Å²) in [6.07, 6.45) is 1.99. The van der Waals surface area contributed by atoms with Crippen LogP contribution in [0.5, 0.6) is 0 Å². The van der Waals surface area contributed by atoms with Gasteiger partial charge < -0.3 is 15.5 Å². The van der Waals surface area contributed by atoms with Gasteiger partial charge in [-0.15, -0.1) is 11.3 Å². The first kappa shape index (κ1) is 14.8. The number of benzene rings is 1. The van der Waals surface area contributed by atoms with Gasteiger partial charge >= 0.3 is 6.03 Å². The Balaban J connectivity index is 1.53. The third kappa shape index (κ3) is 3.22. The molecule has 6 heteroatoms. The Morgan fingerprint density at radius 3 is 3.00 bits per heavy atom. The van der Waals surface area contributed by atoms with Gasteiger partial charge in [0.05, 0.1) is 18.3 Å². The van der Waals surface area contributed by atoms with E-state index in [4.69, 9.17) is 0 Å². The Morgan fingerprint density at radius 1 is 1.41 bits per heavy atom. The van der Waals surface area contributed by atoms with Crippen molar-refractivity contribution < 1.29 is 4.79 Å². The summed E-state index contributed by atoms with van der Waals surface area (Å²) in [6, 6.07) is 8.27. The molecule has 2 N–H and O–H groups in total. The van der Waals surface area contributed by atoms with Crippen LogP contribution in [0.2, 0.25) is 0 Å². The fourth-order valence-electron chi connectivity index (χ4n) is 2.67. The lowest BCUT2D eigenvalue weighted by molar-refractivity contribution is 0.236. The summed E-state index contributed by atoms with van der Waals surface area (Å²) in [4.78, 5) is 18.5. The van der Waals surface area contributed by atoms with Crippen LogP contribution in [0, 0.1) is 0 Å². The number of carbonyl (C=O) groups is 1. The fraction of sp³-hybridized carbons (Fsp3) is 0.375. The summed E-state index contributed by atoms with van der Waals surface area (Å²) in [5.41, 5.74) is 3.46. The van der Waals surface area contributed by atoms with Crippen molar-refractivity contribution >= 4 is 22.5 Å². The van der Waals surface area contributed by atoms with Gasteiger partial charge in [-0.25, -0.2) is 9.78 Å². The molecular weight excluding hydrogens is 296 g/mol. The predicted molar refractivity (Wildman–Crippen MR) is 89.3 cm³/mol. The van der Waals surface area contributed by atoms with Gasteiger partial charge in [0.2, 0.25) is 0 Å². The molecule has 22 heavy (non-hydrogen) atoms. The van der Waals surface area contributed by atoms with Crippen LogP contribution < -0.4 is 15.5 Å². The molecule has 1 aliphatic carbocycles. The highest BCUT2D eigenvalue weighted by Gasteiger charge is 2.23. The fourth-order valence-corrected chi connectivity index (χ4v) is 3.43. The molecule has 5 nitrogen and oxygen atoms in total. The Bertz CT molecular complexity index is 668. The first-order valence-electron chi connectivity index (χ1n) is 7.37. The molecule has 0 saturated heterocycles. The van der Waals surface area contributed by atoms with E-state index in [2.05, 4.69) is 27.8 Å². The largest absolute Gasteiger partial charge is 0.354 e. The molecule has 1 heterocycles. The average Bonchev–Trinajstić information content (AvgIpc) is 3.13. The van der Waals surface area contributed by atoms with Gasteiger partial charge in [0.25, 0.3) is 0 Å². The molecule has 2 aromatic rings. The van der Waals surface area contributed by atoms with Crippen LogP contribution in [0.1, 0.15) is 29.3 Å². The number of anilines is 1. The Kier molecular flexibility index (Phi) is 4.29. The van der Waals surface area contributed by atoms with Gasteiger partial charge in [-0.3, -0.25) is 0 Å². The van der Waals surface area contributed by atoms with Gasteiger partial charge in [-0.05, 0) is 24.0 Å². The second-order valence-electron chi connectivity index (χ2n) is 5.63. The summed E-state index contributed by atoms with van der Waals surface area (Å²) >= 11 is 1.58. The van der Waals surface area contributed by atoms with Crippen molar-refractivity contribution in [2.45, 2.75) is 25.4 Å². The van der Waals surface area contributed by atoms with E-state index in [1.807, 2.05) is 36.5 Å². The number of nitrogens with zero attached hydrogens (tertiary/aromatic N) is 2. The Hall–Kier alpha value is -2.08. The topological polar surface area (TPSA) is 57.3 Å². The highest BCUT2D eigenvalue weighted by molar-refractivity contribution is 7.13. The van der Waals surface area contributed by atoms with Crippen molar-refractivity contribution in [3.05, 3.63) is 46.5 Å². The van der Waals surface area contributed by atoms with Crippen molar-refractivity contribution in [3.63, 3.8) is 0 Å². The lowest BCUT2D eigenvalue weighted by Crippen LogP contribution is -2.37. The van der Waals surface area contributed by atoms with E-state index in [1.165, 1.54) is 11.1 Å². The first-order chi connectivity index (χ1) is 10.6. The third-order valence-electron chi connectivity index (χ3n) is 3.79. The normalized spacial score (nSPS) is 16.2. The van der Waals surface area contributed by atoms with E-state index in [0.717, 1.165) is 23.7 Å². The van der Waals surface area contributed by atoms with Gasteiger partial charge in [0.15, 0.2) is 5.13 Å². The lowest BCUT2D eigenvalue weighted by Gasteiger charge is -2.14. The zero-order chi connectivity index (χ0) is 15.5. The summed E-state index contributed by atoms with van der Waals surface area (Å²) in [5, 5.41) is 8.85. The second kappa shape index (κ2) is 6.36. The third-order valence-corrected chi connectivity index (χ3v) is 4.85. The molecule has 0 radical (unpaired) electrons. The van der Waals surface area contributed by atoms with E-state index in [-0.39, 0.29) is 12.1 Å². The number of nitrogens with one attached hydrogen (secondary N) is 2. The summed E-state index contributed by atoms with van der Waals surface area (Å²) in [7, 11) is 3.92. The quantitative estimate of drug-likeness (QED) is 0.912. The molecule has 2 amide bonds. The lowest BCUT2D eigenvalue weighted by atomic mass is 10.1. The minimum atomic E-state index is -0.138. The van der Waals surface area contributed by atoms with Crippen molar-refractivity contribution in [2.24, 2.45) is 0 Å². The van der Waals surface area contributed by atoms with Gasteiger partial charge in [0, 0.05) is 19.5 Å². The molecule has 3 rings (SSSR count). The zero-order valence-corrected chi connectivity index (χ0v) is 13.6. The molecule has 1 aromatic heterocycles. The van der Waals surface area contributed by atoms with Crippen LogP contribution in [0.15, 0.2) is 29.6 Å². The molecule has 0 spiro atoms. The SMILES string of the molecule is CN(C)c1nc(CNC(=O)N[C@H]2CCc3ccccc32)cs1. The Labute approximate surface area is 134 Å². The molecule has 1 atom stereocenters. The van der Waals surface area contributed by atoms with E-state index >= 15 is 0 Å². The molecule has 0 bridgehead atoms. The first-order valence-corrected chi connectivity index (χ1v) is 8.25. The summed E-state index contributed by atoms with van der Waals surface area (Å²) < 4.78 is 0. The van der Waals surface area contributed by atoms with E-state index in [9.17, 15) is 4.79 Å². The van der Waals surface area contributed by atoms with Crippen LogP contribution in [0.25, 0.3) is 0 Å². The van der Waals surface area contributed by atoms with Crippen LogP contribution in [-0.2, 0) is 13.0 Å². The Morgan fingerprint density at radius 2 is 2.23 bits per heavy atom. The highest BCUT2D eigenvalue weighted by atomic mass is 32.1. The minimum absolute atomic E-state index is 0.115. The minimum Gasteiger partial charge on any atom is -0.354 e. The average molecular weight is 316 g/mol. The van der Waals surface area contributed by atoms with Gasteiger partial charge in [0.1, 0.15) is 0 Å². The van der Waals surface area contributed by atoms with E-state index in [0.29, 0.717) is 6.54 Å². The van der Waals surface area contributed by atoms with E-state index < -0.39 is 0 Å². The standard InChI is InChI=1S/C16H20N4OS/c1-20(2)16-18-12(10-22-16)9-17-15(21)19-14-8-7-11-5-3-4-6-13(11)14/h3-6,10,14H,7-9H2,1-2H3,(H2,17,19,21)/t14-/m0/s1. The van der Waals surface area contributed by atoms with Gasteiger partial charge in [-0.1, -0.05) is 24.3 Å². The maximum Gasteiger partial charge on any atom is 0.315 e. The molecule has 0 unspecified atom stereocenters. The molecule has 1 aliphatic rings. The van der Waals surface area contributed by atoms with E-state index in [1.54, 1.807) is 11.3 Å². The maximum atomic E-state index is 12.1. The van der Waals surface area contributed by atoms with Crippen LogP contribution in [-0.4, -0.2) is 25.1 Å². The van der Waals surface area contributed by atoms with Crippen molar-refractivity contribution in [3.8, 4) is 0 Å². The maximum absolute atomic E-state index is 12.1. The molecule has 1 aromatic carbocycles. The number of rotatable bonds is 4. The number of hydrogen-bond donors (Lipinski definition) is 2. The molecule has 0 saturated carbocycles. The second-order valence-corrected chi connectivity index (χ2v) is 6.47. The smallest absolute Gasteiger partial charge is 0.315 e. The number of carbonyl (C=O) groups excluding carboxylic acids is 1. The van der Waals surface area contributed by atoms with Crippen molar-refractivity contribution in [1.82, 2.24) is 15.6 Å². The monoisotopic (exact) mass is 316 g/mol. The number of aryl methyl sites for hydroxylation is 1. The molecule has 116 valence electrons. The zero-order valence-electron chi connectivity index (χ0n) is 12.8.